The van der Waals surface area contributed by atoms with Gasteiger partial charge in [0, 0.05) is 33.8 Å². The molecule has 0 aromatic heterocycles. The number of nitrogens with one attached hydrogen (secondary N) is 1. The topological polar surface area (TPSA) is 49.4 Å². The summed E-state index contributed by atoms with van der Waals surface area (Å²) < 4.78 is 12.5. The van der Waals surface area contributed by atoms with Gasteiger partial charge in [0.2, 0.25) is 5.91 Å². The van der Waals surface area contributed by atoms with E-state index in [0.29, 0.717) is 16.4 Å². The van der Waals surface area contributed by atoms with Crippen molar-refractivity contribution in [3.8, 4) is 0 Å². The molecule has 1 fully saturated rings. The highest BCUT2D eigenvalue weighted by atomic mass is 79.9. The number of hydrogen-bond acceptors (Lipinski definition) is 2. The molecule has 184 valence electrons. The minimum atomic E-state index is -1.31. The van der Waals surface area contributed by atoms with E-state index in [1.165, 1.54) is 49.2 Å². The molecule has 35 heavy (non-hydrogen) atoms. The van der Waals surface area contributed by atoms with Gasteiger partial charge in [-0.15, -0.1) is 23.2 Å². The Morgan fingerprint density at radius 2 is 1.86 bits per heavy atom. The molecule has 1 N–H and O–H groups in total. The molecule has 0 saturated heterocycles. The summed E-state index contributed by atoms with van der Waals surface area (Å²) in [5, 5.41) is 3.42. The van der Waals surface area contributed by atoms with Crippen LogP contribution in [0.2, 0.25) is 10.0 Å². The van der Waals surface area contributed by atoms with Crippen molar-refractivity contribution in [2.24, 2.45) is 5.92 Å². The Balaban J connectivity index is 1.82. The number of amides is 2. The van der Waals surface area contributed by atoms with Crippen LogP contribution in [-0.4, -0.2) is 28.1 Å². The van der Waals surface area contributed by atoms with E-state index in [0.717, 1.165) is 10.0 Å². The van der Waals surface area contributed by atoms with Crippen molar-refractivity contribution in [1.82, 2.24) is 4.90 Å². The summed E-state index contributed by atoms with van der Waals surface area (Å²) in [6.07, 6.45) is 4.05. The number of carbonyl (C=O) groups excluding carboxylic acids is 2. The summed E-state index contributed by atoms with van der Waals surface area (Å²) in [6, 6.07) is 9.75. The van der Waals surface area contributed by atoms with Crippen molar-refractivity contribution in [2.45, 2.75) is 17.2 Å². The zero-order valence-electron chi connectivity index (χ0n) is 18.6. The van der Waals surface area contributed by atoms with Crippen molar-refractivity contribution in [3.63, 3.8) is 0 Å². The second-order valence-electron chi connectivity index (χ2n) is 7.93. The Hall–Kier alpha value is -1.83. The lowest BCUT2D eigenvalue weighted by Gasteiger charge is -2.19. The first-order valence-corrected chi connectivity index (χ1v) is 12.6. The van der Waals surface area contributed by atoms with Gasteiger partial charge in [0.25, 0.3) is 5.91 Å². The molecule has 2 atom stereocenters. The number of alkyl halides is 2. The molecule has 1 saturated carbocycles. The van der Waals surface area contributed by atoms with Crippen LogP contribution < -0.4 is 5.32 Å². The molecule has 1 aliphatic carbocycles. The first kappa shape index (κ1) is 27.8. The molecular formula is C25H20BrCl4FN2O2. The number of nitrogens with zero attached hydrogens (tertiary/aromatic N) is 1. The van der Waals surface area contributed by atoms with Crippen LogP contribution in [0.15, 0.2) is 77.2 Å². The largest absolute Gasteiger partial charge is 0.326 e. The highest BCUT2D eigenvalue weighted by Gasteiger charge is 2.67. The normalized spacial score (nSPS) is 19.2. The van der Waals surface area contributed by atoms with Crippen LogP contribution in [0, 0.1) is 5.92 Å². The number of carbonyl (C=O) groups is 2. The Bertz CT molecular complexity index is 1240. The van der Waals surface area contributed by atoms with E-state index in [9.17, 15) is 14.0 Å². The average molecular weight is 621 g/mol. The molecule has 1 aliphatic rings. The molecule has 2 aromatic carbocycles. The van der Waals surface area contributed by atoms with Crippen LogP contribution in [0.4, 0.5) is 10.1 Å². The molecular weight excluding hydrogens is 601 g/mol. The van der Waals surface area contributed by atoms with Crippen LogP contribution in [0.25, 0.3) is 0 Å². The molecule has 2 amide bonds. The lowest BCUT2D eigenvalue weighted by Crippen LogP contribution is -2.26. The van der Waals surface area contributed by atoms with E-state index in [4.69, 9.17) is 46.4 Å². The number of halogens is 6. The first-order valence-electron chi connectivity index (χ1n) is 10.3. The quantitative estimate of drug-likeness (QED) is 0.250. The Morgan fingerprint density at radius 3 is 2.46 bits per heavy atom. The maximum Gasteiger partial charge on any atom is 0.259 e. The molecule has 10 heteroatoms. The molecule has 4 nitrogen and oxygen atoms in total. The third-order valence-electron chi connectivity index (χ3n) is 5.43. The number of benzene rings is 2. The van der Waals surface area contributed by atoms with Crippen molar-refractivity contribution < 1.29 is 14.0 Å². The highest BCUT2D eigenvalue weighted by molar-refractivity contribution is 9.10. The minimum absolute atomic E-state index is 0.134. The summed E-state index contributed by atoms with van der Waals surface area (Å²) in [5.74, 6) is -2.52. The van der Waals surface area contributed by atoms with E-state index >= 15 is 0 Å². The number of hydrogen-bond donors (Lipinski definition) is 1. The van der Waals surface area contributed by atoms with E-state index in [1.807, 2.05) is 6.07 Å². The summed E-state index contributed by atoms with van der Waals surface area (Å²) in [4.78, 5) is 27.4. The van der Waals surface area contributed by atoms with Gasteiger partial charge in [0.1, 0.15) is 4.33 Å². The van der Waals surface area contributed by atoms with Crippen molar-refractivity contribution in [3.05, 3.63) is 98.4 Å². The fourth-order valence-corrected chi connectivity index (χ4v) is 5.54. The molecule has 0 heterocycles. The van der Waals surface area contributed by atoms with Crippen LogP contribution in [0.5, 0.6) is 0 Å². The number of allylic oxidation sites excluding steroid dienone is 4. The predicted octanol–water partition coefficient (Wildman–Crippen LogP) is 8.30. The van der Waals surface area contributed by atoms with Crippen LogP contribution in [-0.2, 0) is 4.79 Å². The lowest BCUT2D eigenvalue weighted by atomic mass is 10.1. The predicted molar refractivity (Wildman–Crippen MR) is 145 cm³/mol. The fraction of sp³-hybridized carbons (Fsp3) is 0.200. The summed E-state index contributed by atoms with van der Waals surface area (Å²) in [6.45, 7) is 4.94. The van der Waals surface area contributed by atoms with Gasteiger partial charge in [-0.25, -0.2) is 4.39 Å². The van der Waals surface area contributed by atoms with Crippen molar-refractivity contribution in [2.75, 3.05) is 12.4 Å². The lowest BCUT2D eigenvalue weighted by molar-refractivity contribution is -0.117. The molecule has 0 spiro atoms. The number of rotatable bonds is 7. The molecule has 0 bridgehead atoms. The molecule has 3 rings (SSSR count). The molecule has 0 radical (unpaired) electrons. The number of anilines is 1. The Labute approximate surface area is 231 Å². The van der Waals surface area contributed by atoms with E-state index in [2.05, 4.69) is 27.8 Å². The zero-order valence-corrected chi connectivity index (χ0v) is 23.2. The second-order valence-corrected chi connectivity index (χ2v) is 11.1. The first-order chi connectivity index (χ1) is 16.4. The van der Waals surface area contributed by atoms with Gasteiger partial charge >= 0.3 is 0 Å². The second kappa shape index (κ2) is 11.1. The van der Waals surface area contributed by atoms with E-state index in [-0.39, 0.29) is 10.6 Å². The fourth-order valence-electron chi connectivity index (χ4n) is 3.62. The van der Waals surface area contributed by atoms with Gasteiger partial charge in [-0.3, -0.25) is 9.59 Å². The Morgan fingerprint density at radius 1 is 1.17 bits per heavy atom. The summed E-state index contributed by atoms with van der Waals surface area (Å²) in [7, 11) is 1.51. The maximum atomic E-state index is 13.1. The van der Waals surface area contributed by atoms with Crippen molar-refractivity contribution in [1.29, 1.82) is 0 Å². The Kier molecular flexibility index (Phi) is 8.77. The molecule has 0 aliphatic heterocycles. The standard InChI is InChI=1S/C25H20BrCl4FN2O2/c1-4-18(7-5-13(2)31)33(3)24(35)19-12-17(6-8-20(19)28)32-23(34)22-21(25(22,29)30)14-9-15(26)11-16(27)10-14/h4-12,21-22H,1H2,2-3H3,(H,32,34)/b13-5+,18-7+. The summed E-state index contributed by atoms with van der Waals surface area (Å²) in [5.41, 5.74) is 1.56. The van der Waals surface area contributed by atoms with E-state index in [1.54, 1.807) is 18.2 Å². The third kappa shape index (κ3) is 6.30. The van der Waals surface area contributed by atoms with Crippen LogP contribution in [0.3, 0.4) is 0 Å². The highest BCUT2D eigenvalue weighted by Crippen LogP contribution is 2.65. The monoisotopic (exact) mass is 618 g/mol. The minimum Gasteiger partial charge on any atom is -0.326 e. The van der Waals surface area contributed by atoms with Crippen LogP contribution in [0.1, 0.15) is 28.8 Å². The average Bonchev–Trinajstić information content (AvgIpc) is 3.36. The summed E-state index contributed by atoms with van der Waals surface area (Å²) >= 11 is 28.7. The van der Waals surface area contributed by atoms with Gasteiger partial charge in [0.05, 0.1) is 22.3 Å². The van der Waals surface area contributed by atoms with Crippen LogP contribution >= 0.6 is 62.3 Å². The third-order valence-corrected chi connectivity index (χ3v) is 7.38. The van der Waals surface area contributed by atoms with E-state index < -0.39 is 33.8 Å². The van der Waals surface area contributed by atoms with Crippen molar-refractivity contribution >= 4 is 79.8 Å². The zero-order chi connectivity index (χ0) is 26.1. The molecule has 2 unspecified atom stereocenters. The maximum absolute atomic E-state index is 13.1. The smallest absolute Gasteiger partial charge is 0.259 e. The van der Waals surface area contributed by atoms with Gasteiger partial charge < -0.3 is 10.2 Å². The van der Waals surface area contributed by atoms with Gasteiger partial charge in [-0.2, -0.15) is 0 Å². The van der Waals surface area contributed by atoms with Gasteiger partial charge in [0.15, 0.2) is 0 Å². The SMILES string of the molecule is C=C/C(=C\C=C(/C)F)N(C)C(=O)c1cc(NC(=O)C2C(c3cc(Cl)cc(Br)c3)C2(Cl)Cl)ccc1Cl. The number of likely N-dealkylation sites (N-methyl/N-ethyl adjacent to an activating group) is 1. The van der Waals surface area contributed by atoms with Gasteiger partial charge in [-0.1, -0.05) is 45.7 Å². The van der Waals surface area contributed by atoms with Gasteiger partial charge in [-0.05, 0) is 67.1 Å². The molecule has 2 aromatic rings.